The lowest BCUT2D eigenvalue weighted by Gasteiger charge is -2.34. The molecule has 1 saturated heterocycles. The van der Waals surface area contributed by atoms with E-state index < -0.39 is 5.25 Å². The summed E-state index contributed by atoms with van der Waals surface area (Å²) in [6, 6.07) is 5.34. The van der Waals surface area contributed by atoms with Crippen molar-refractivity contribution in [3.63, 3.8) is 0 Å². The molecule has 172 valence electrons. The third-order valence-electron chi connectivity index (χ3n) is 7.20. The van der Waals surface area contributed by atoms with Crippen molar-refractivity contribution in [3.05, 3.63) is 41.9 Å². The van der Waals surface area contributed by atoms with E-state index in [1.165, 1.54) is 24.6 Å². The number of nitrogens with zero attached hydrogens (tertiary/aromatic N) is 3. The number of hydrogen-bond acceptors (Lipinski definition) is 6. The average Bonchev–Trinajstić information content (AvgIpc) is 3.50. The van der Waals surface area contributed by atoms with Crippen LogP contribution in [0.1, 0.15) is 61.7 Å². The van der Waals surface area contributed by atoms with Gasteiger partial charge in [0.2, 0.25) is 5.91 Å². The summed E-state index contributed by atoms with van der Waals surface area (Å²) in [7, 11) is 0. The van der Waals surface area contributed by atoms with Crippen molar-refractivity contribution in [1.29, 1.82) is 0 Å². The van der Waals surface area contributed by atoms with E-state index in [-0.39, 0.29) is 24.0 Å². The second kappa shape index (κ2) is 8.61. The Kier molecular flexibility index (Phi) is 5.46. The number of aromatic nitrogens is 2. The van der Waals surface area contributed by atoms with Crippen LogP contribution in [0.25, 0.3) is 0 Å². The number of carbonyl (C=O) groups excluding carboxylic acids is 2. The molecule has 9 heteroatoms. The maximum atomic E-state index is 13.4. The zero-order valence-corrected chi connectivity index (χ0v) is 19.2. The summed E-state index contributed by atoms with van der Waals surface area (Å²) < 4.78 is 0. The fourth-order valence-corrected chi connectivity index (χ4v) is 6.80. The predicted molar refractivity (Wildman–Crippen MR) is 127 cm³/mol. The molecule has 2 aromatic rings. The third kappa shape index (κ3) is 3.77. The first-order chi connectivity index (χ1) is 16.2. The van der Waals surface area contributed by atoms with Crippen LogP contribution in [0.4, 0.5) is 16.2 Å². The molecule has 3 N–H and O–H groups in total. The number of rotatable bonds is 4. The Morgan fingerprint density at radius 3 is 2.79 bits per heavy atom. The van der Waals surface area contributed by atoms with Gasteiger partial charge in [0.1, 0.15) is 10.3 Å². The molecule has 3 atom stereocenters. The summed E-state index contributed by atoms with van der Waals surface area (Å²) in [5.74, 6) is 0.426. The summed E-state index contributed by atoms with van der Waals surface area (Å²) in [5, 5.41) is 10.0. The van der Waals surface area contributed by atoms with Crippen LogP contribution in [-0.2, 0) is 4.79 Å². The maximum absolute atomic E-state index is 13.4. The third-order valence-corrected chi connectivity index (χ3v) is 8.49. The van der Waals surface area contributed by atoms with Crippen LogP contribution in [0.2, 0.25) is 0 Å². The van der Waals surface area contributed by atoms with E-state index in [1.807, 2.05) is 18.2 Å². The number of urea groups is 1. The van der Waals surface area contributed by atoms with Crippen LogP contribution in [0.5, 0.6) is 0 Å². The molecule has 0 spiro atoms. The molecule has 4 aliphatic rings. The highest BCUT2D eigenvalue weighted by Gasteiger charge is 2.47. The number of anilines is 2. The number of amides is 3. The van der Waals surface area contributed by atoms with Crippen LogP contribution >= 0.6 is 11.8 Å². The summed E-state index contributed by atoms with van der Waals surface area (Å²) in [6.07, 6.45) is 10.3. The number of hydrogen-bond donors (Lipinski definition) is 3. The number of nitrogens with one attached hydrogen (secondary N) is 3. The van der Waals surface area contributed by atoms with Crippen LogP contribution < -0.4 is 20.9 Å². The van der Waals surface area contributed by atoms with Crippen LogP contribution in [0.3, 0.4) is 0 Å². The van der Waals surface area contributed by atoms with Crippen molar-refractivity contribution in [2.24, 2.45) is 0 Å². The minimum atomic E-state index is -0.423. The fraction of sp³-hybridized carbons (Fsp3) is 0.500. The molecule has 33 heavy (non-hydrogen) atoms. The largest absolute Gasteiger partial charge is 0.351 e. The predicted octanol–water partition coefficient (Wildman–Crippen LogP) is 3.38. The minimum Gasteiger partial charge on any atom is -0.351 e. The number of pyridine rings is 2. The maximum Gasteiger partial charge on any atom is 0.327 e. The lowest BCUT2D eigenvalue weighted by atomic mass is 9.98. The van der Waals surface area contributed by atoms with E-state index in [2.05, 4.69) is 25.9 Å². The second-order valence-corrected chi connectivity index (χ2v) is 10.5. The van der Waals surface area contributed by atoms with E-state index in [4.69, 9.17) is 0 Å². The van der Waals surface area contributed by atoms with Gasteiger partial charge in [-0.3, -0.25) is 14.7 Å². The molecule has 8 nitrogen and oxygen atoms in total. The summed E-state index contributed by atoms with van der Waals surface area (Å²) >= 11 is 1.45. The smallest absolute Gasteiger partial charge is 0.327 e. The standard InChI is InChI=1S/C24H28N6O2S/c31-22(28-15-6-3-9-25-13-15)21-20-19-18(8-11-27-23(19)33-21)30(24(32)29-20)16-7-10-26-17(12-16)14-4-1-2-5-14/h7-8,10-12,14-15,20-21,25H,1-6,9,13H2,(H,28,31)(H,29,32)/t15?,20?,21-/m1/s1. The molecule has 1 aliphatic carbocycles. The molecule has 0 radical (unpaired) electrons. The van der Waals surface area contributed by atoms with Crippen molar-refractivity contribution in [1.82, 2.24) is 25.9 Å². The minimum absolute atomic E-state index is 0.0381. The van der Waals surface area contributed by atoms with Gasteiger partial charge in [-0.2, -0.15) is 0 Å². The van der Waals surface area contributed by atoms with Crippen molar-refractivity contribution < 1.29 is 9.59 Å². The van der Waals surface area contributed by atoms with E-state index in [0.29, 0.717) is 5.92 Å². The summed E-state index contributed by atoms with van der Waals surface area (Å²) in [4.78, 5) is 37.4. The molecular formula is C24H28N6O2S. The number of piperidine rings is 1. The van der Waals surface area contributed by atoms with E-state index >= 15 is 0 Å². The zero-order valence-electron chi connectivity index (χ0n) is 18.4. The van der Waals surface area contributed by atoms with Gasteiger partial charge in [0, 0.05) is 42.2 Å². The van der Waals surface area contributed by atoms with Crippen molar-refractivity contribution in [2.45, 2.75) is 66.8 Å². The van der Waals surface area contributed by atoms with Gasteiger partial charge < -0.3 is 16.0 Å². The monoisotopic (exact) mass is 464 g/mol. The van der Waals surface area contributed by atoms with Crippen LogP contribution in [-0.4, -0.2) is 46.3 Å². The fourth-order valence-electron chi connectivity index (χ4n) is 5.56. The zero-order chi connectivity index (χ0) is 22.4. The Balaban J connectivity index is 1.30. The van der Waals surface area contributed by atoms with Gasteiger partial charge in [0.25, 0.3) is 0 Å². The van der Waals surface area contributed by atoms with Gasteiger partial charge in [-0.05, 0) is 50.4 Å². The molecule has 3 amide bonds. The van der Waals surface area contributed by atoms with E-state index in [1.54, 1.807) is 17.3 Å². The molecule has 6 rings (SSSR count). The molecular weight excluding hydrogens is 436 g/mol. The van der Waals surface area contributed by atoms with Gasteiger partial charge in [-0.15, -0.1) is 0 Å². The van der Waals surface area contributed by atoms with Crippen molar-refractivity contribution >= 4 is 35.1 Å². The number of carbonyl (C=O) groups is 2. The Morgan fingerprint density at radius 2 is 1.97 bits per heavy atom. The first kappa shape index (κ1) is 20.9. The van der Waals surface area contributed by atoms with Crippen molar-refractivity contribution in [3.8, 4) is 0 Å². The van der Waals surface area contributed by atoms with Gasteiger partial charge in [-0.25, -0.2) is 9.78 Å². The van der Waals surface area contributed by atoms with Crippen LogP contribution in [0, 0.1) is 0 Å². The molecule has 0 bridgehead atoms. The molecule has 1 saturated carbocycles. The quantitative estimate of drug-likeness (QED) is 0.642. The van der Waals surface area contributed by atoms with E-state index in [0.717, 1.165) is 66.4 Å². The molecule has 0 aromatic carbocycles. The Hall–Kier alpha value is -2.65. The highest BCUT2D eigenvalue weighted by Crippen LogP contribution is 2.50. The Morgan fingerprint density at radius 1 is 1.12 bits per heavy atom. The molecule has 3 aliphatic heterocycles. The van der Waals surface area contributed by atoms with Crippen LogP contribution in [0.15, 0.2) is 35.6 Å². The summed E-state index contributed by atoms with van der Waals surface area (Å²) in [6.45, 7) is 1.78. The van der Waals surface area contributed by atoms with Gasteiger partial charge >= 0.3 is 6.03 Å². The molecule has 2 aromatic heterocycles. The normalized spacial score (nSPS) is 26.7. The Bertz CT molecular complexity index is 1080. The van der Waals surface area contributed by atoms with Crippen molar-refractivity contribution in [2.75, 3.05) is 18.0 Å². The molecule has 5 heterocycles. The average molecular weight is 465 g/mol. The summed E-state index contributed by atoms with van der Waals surface area (Å²) in [5.41, 5.74) is 3.60. The number of thioether (sulfide) groups is 1. The van der Waals surface area contributed by atoms with Gasteiger partial charge in [0.05, 0.1) is 17.4 Å². The Labute approximate surface area is 197 Å². The van der Waals surface area contributed by atoms with Gasteiger partial charge in [-0.1, -0.05) is 24.6 Å². The molecule has 2 fully saturated rings. The lowest BCUT2D eigenvalue weighted by Crippen LogP contribution is -2.52. The first-order valence-corrected chi connectivity index (χ1v) is 12.8. The molecule has 2 unspecified atom stereocenters. The SMILES string of the molecule is O=C(NC1CCCNC1)[C@@H]1Sc2nccc3c2C1NC(=O)N3c1ccnc(C2CCCC2)c1. The highest BCUT2D eigenvalue weighted by atomic mass is 32.2. The topological polar surface area (TPSA) is 99.2 Å². The first-order valence-electron chi connectivity index (χ1n) is 11.9. The lowest BCUT2D eigenvalue weighted by molar-refractivity contribution is -0.121. The second-order valence-electron chi connectivity index (χ2n) is 9.32. The van der Waals surface area contributed by atoms with E-state index in [9.17, 15) is 9.59 Å². The van der Waals surface area contributed by atoms with Gasteiger partial charge in [0.15, 0.2) is 0 Å². The highest BCUT2D eigenvalue weighted by molar-refractivity contribution is 8.01.